The maximum absolute atomic E-state index is 14.6. The number of carbonyl (C=O) groups is 2. The second-order valence-corrected chi connectivity index (χ2v) is 7.87. The van der Waals surface area contributed by atoms with Gasteiger partial charge in [-0.1, -0.05) is 12.1 Å². The maximum atomic E-state index is 14.6. The highest BCUT2D eigenvalue weighted by Crippen LogP contribution is 2.47. The number of amides is 1. The zero-order chi connectivity index (χ0) is 19.4. The van der Waals surface area contributed by atoms with E-state index in [1.165, 1.54) is 18.4 Å². The third-order valence-electron chi connectivity index (χ3n) is 6.58. The SMILES string of the molecule is O=C(C(=O)N1C[C@@H](c2cccc(F)c2F)[C@@H]2[C@H]1C1CCN2CC1)c1ccco1. The number of ketones is 1. The highest BCUT2D eigenvalue weighted by atomic mass is 19.2. The predicted molar refractivity (Wildman–Crippen MR) is 95.7 cm³/mol. The molecule has 146 valence electrons. The van der Waals surface area contributed by atoms with Crippen molar-refractivity contribution in [3.8, 4) is 0 Å². The van der Waals surface area contributed by atoms with E-state index in [9.17, 15) is 18.4 Å². The minimum Gasteiger partial charge on any atom is -0.461 e. The van der Waals surface area contributed by atoms with Gasteiger partial charge in [-0.15, -0.1) is 0 Å². The Kier molecular flexibility index (Phi) is 4.08. The number of carbonyl (C=O) groups excluding carboxylic acids is 2. The van der Waals surface area contributed by atoms with Crippen molar-refractivity contribution in [3.63, 3.8) is 0 Å². The fourth-order valence-corrected chi connectivity index (χ4v) is 5.38. The Balaban J connectivity index is 1.53. The summed E-state index contributed by atoms with van der Waals surface area (Å²) in [6.45, 7) is 1.97. The van der Waals surface area contributed by atoms with E-state index in [1.807, 2.05) is 0 Å². The Morgan fingerprint density at radius 1 is 1.04 bits per heavy atom. The molecular weight excluding hydrogens is 366 g/mol. The van der Waals surface area contributed by atoms with Crippen LogP contribution in [-0.4, -0.2) is 53.2 Å². The zero-order valence-electron chi connectivity index (χ0n) is 15.2. The quantitative estimate of drug-likeness (QED) is 0.601. The number of hydrogen-bond donors (Lipinski definition) is 0. The summed E-state index contributed by atoms with van der Waals surface area (Å²) in [4.78, 5) is 29.5. The average Bonchev–Trinajstić information content (AvgIpc) is 3.39. The van der Waals surface area contributed by atoms with Gasteiger partial charge in [0.15, 0.2) is 17.4 Å². The lowest BCUT2D eigenvalue weighted by Crippen LogP contribution is -2.61. The fourth-order valence-electron chi connectivity index (χ4n) is 5.38. The molecule has 5 heterocycles. The molecule has 0 saturated carbocycles. The molecule has 3 atom stereocenters. The van der Waals surface area contributed by atoms with Crippen LogP contribution in [0.2, 0.25) is 0 Å². The van der Waals surface area contributed by atoms with Crippen molar-refractivity contribution in [2.24, 2.45) is 5.92 Å². The lowest BCUT2D eigenvalue weighted by Gasteiger charge is -2.51. The summed E-state index contributed by atoms with van der Waals surface area (Å²) in [5.74, 6) is -3.16. The molecule has 0 N–H and O–H groups in total. The second kappa shape index (κ2) is 6.51. The van der Waals surface area contributed by atoms with E-state index in [-0.39, 0.29) is 41.8 Å². The first kappa shape index (κ1) is 17.6. The van der Waals surface area contributed by atoms with Crippen LogP contribution in [0.15, 0.2) is 41.0 Å². The van der Waals surface area contributed by atoms with E-state index in [1.54, 1.807) is 17.0 Å². The number of likely N-dealkylation sites (tertiary alicyclic amines) is 1. The number of furan rings is 1. The molecule has 0 spiro atoms. The summed E-state index contributed by atoms with van der Waals surface area (Å²) in [6, 6.07) is 6.95. The van der Waals surface area contributed by atoms with Gasteiger partial charge in [-0.05, 0) is 55.6 Å². The molecule has 5 nitrogen and oxygen atoms in total. The second-order valence-electron chi connectivity index (χ2n) is 7.87. The lowest BCUT2D eigenvalue weighted by molar-refractivity contribution is -0.131. The van der Waals surface area contributed by atoms with Crippen molar-refractivity contribution < 1.29 is 22.8 Å². The van der Waals surface area contributed by atoms with Crippen LogP contribution in [0.5, 0.6) is 0 Å². The van der Waals surface area contributed by atoms with Crippen LogP contribution in [-0.2, 0) is 4.79 Å². The molecule has 0 radical (unpaired) electrons. The van der Waals surface area contributed by atoms with E-state index in [2.05, 4.69) is 4.90 Å². The summed E-state index contributed by atoms with van der Waals surface area (Å²) in [7, 11) is 0. The summed E-state index contributed by atoms with van der Waals surface area (Å²) >= 11 is 0. The number of rotatable bonds is 3. The van der Waals surface area contributed by atoms with Crippen LogP contribution in [0.4, 0.5) is 8.78 Å². The molecule has 0 unspecified atom stereocenters. The number of fused-ring (bicyclic) bond motifs is 2. The number of benzene rings is 1. The van der Waals surface area contributed by atoms with Crippen LogP contribution in [0.1, 0.15) is 34.9 Å². The van der Waals surface area contributed by atoms with Crippen LogP contribution in [0.25, 0.3) is 0 Å². The molecule has 4 fully saturated rings. The van der Waals surface area contributed by atoms with Gasteiger partial charge in [0.1, 0.15) is 0 Å². The number of hydrogen-bond acceptors (Lipinski definition) is 4. The predicted octanol–water partition coefficient (Wildman–Crippen LogP) is 2.83. The van der Waals surface area contributed by atoms with Crippen molar-refractivity contribution in [1.82, 2.24) is 9.80 Å². The Labute approximate surface area is 160 Å². The van der Waals surface area contributed by atoms with Crippen molar-refractivity contribution in [1.29, 1.82) is 0 Å². The van der Waals surface area contributed by atoms with Crippen molar-refractivity contribution in [2.75, 3.05) is 19.6 Å². The number of piperidine rings is 3. The molecule has 6 rings (SSSR count). The molecule has 4 saturated heterocycles. The smallest absolute Gasteiger partial charge is 0.298 e. The van der Waals surface area contributed by atoms with Gasteiger partial charge in [0.25, 0.3) is 11.7 Å². The maximum Gasteiger partial charge on any atom is 0.298 e. The number of nitrogens with zero attached hydrogens (tertiary/aromatic N) is 2. The fraction of sp³-hybridized carbons (Fsp3) is 0.429. The van der Waals surface area contributed by atoms with E-state index < -0.39 is 23.3 Å². The normalized spacial score (nSPS) is 31.1. The first-order valence-electron chi connectivity index (χ1n) is 9.63. The Morgan fingerprint density at radius 3 is 2.54 bits per heavy atom. The van der Waals surface area contributed by atoms with E-state index in [4.69, 9.17) is 4.42 Å². The lowest BCUT2D eigenvalue weighted by atomic mass is 9.75. The van der Waals surface area contributed by atoms with Crippen molar-refractivity contribution in [2.45, 2.75) is 30.8 Å². The summed E-state index contributed by atoms with van der Waals surface area (Å²) in [5, 5.41) is 0. The van der Waals surface area contributed by atoms with Gasteiger partial charge in [0.05, 0.1) is 12.3 Å². The van der Waals surface area contributed by atoms with Crippen LogP contribution in [0.3, 0.4) is 0 Å². The van der Waals surface area contributed by atoms with Gasteiger partial charge in [0, 0.05) is 18.5 Å². The molecule has 2 aromatic rings. The van der Waals surface area contributed by atoms with Gasteiger partial charge in [-0.25, -0.2) is 8.78 Å². The molecule has 4 aliphatic heterocycles. The van der Waals surface area contributed by atoms with Gasteiger partial charge in [-0.3, -0.25) is 14.5 Å². The topological polar surface area (TPSA) is 53.8 Å². The monoisotopic (exact) mass is 386 g/mol. The third-order valence-corrected chi connectivity index (χ3v) is 6.58. The molecule has 0 aliphatic carbocycles. The van der Waals surface area contributed by atoms with Gasteiger partial charge in [-0.2, -0.15) is 0 Å². The molecule has 4 aliphatic rings. The number of halogens is 2. The molecule has 1 aromatic carbocycles. The van der Waals surface area contributed by atoms with Gasteiger partial charge in [0.2, 0.25) is 0 Å². The van der Waals surface area contributed by atoms with E-state index >= 15 is 0 Å². The van der Waals surface area contributed by atoms with Crippen LogP contribution in [0, 0.1) is 17.6 Å². The largest absolute Gasteiger partial charge is 0.461 e. The number of Topliss-reactive ketones (excluding diaryl/α,β-unsaturated/α-hetero) is 1. The Bertz CT molecular complexity index is 922. The minimum absolute atomic E-state index is 0.00297. The summed E-state index contributed by atoms with van der Waals surface area (Å²) < 4.78 is 33.6. The first-order chi connectivity index (χ1) is 13.6. The van der Waals surface area contributed by atoms with E-state index in [0.717, 1.165) is 32.0 Å². The zero-order valence-corrected chi connectivity index (χ0v) is 15.2. The molecule has 2 bridgehead atoms. The van der Waals surface area contributed by atoms with Crippen LogP contribution >= 0.6 is 0 Å². The van der Waals surface area contributed by atoms with Gasteiger partial charge >= 0.3 is 0 Å². The highest BCUT2D eigenvalue weighted by molar-refractivity contribution is 6.42. The standard InChI is InChI=1S/C21H20F2N2O3/c22-15-4-1-3-13(17(15)23)14-11-25(21(27)20(26)16-5-2-10-28-16)18-12-6-8-24(9-7-12)19(14)18/h1-5,10,12,14,18-19H,6-9,11H2/t14-,18+,19+/m0/s1. The molecule has 28 heavy (non-hydrogen) atoms. The Morgan fingerprint density at radius 2 is 1.82 bits per heavy atom. The third kappa shape index (κ3) is 2.53. The Hall–Kier alpha value is -2.54. The highest BCUT2D eigenvalue weighted by Gasteiger charge is 2.56. The molecule has 1 amide bonds. The summed E-state index contributed by atoms with van der Waals surface area (Å²) in [6.07, 6.45) is 3.24. The molecule has 1 aromatic heterocycles. The average molecular weight is 386 g/mol. The molecule has 7 heteroatoms. The van der Waals surface area contributed by atoms with Crippen LogP contribution < -0.4 is 0 Å². The van der Waals surface area contributed by atoms with E-state index in [0.29, 0.717) is 0 Å². The summed E-state index contributed by atoms with van der Waals surface area (Å²) in [5.41, 5.74) is 0.281. The molecular formula is C21H20F2N2O3. The van der Waals surface area contributed by atoms with Crippen molar-refractivity contribution in [3.05, 3.63) is 59.6 Å². The van der Waals surface area contributed by atoms with Gasteiger partial charge < -0.3 is 9.32 Å². The first-order valence-corrected chi connectivity index (χ1v) is 9.63. The minimum atomic E-state index is -0.888. The van der Waals surface area contributed by atoms with Crippen molar-refractivity contribution >= 4 is 11.7 Å².